The molecule has 0 aliphatic carbocycles. The number of carboxylic acids is 1. The molecule has 0 aromatic rings. The van der Waals surface area contributed by atoms with Crippen LogP contribution in [-0.4, -0.2) is 17.1 Å². The van der Waals surface area contributed by atoms with Gasteiger partial charge in [-0.15, -0.1) is 0 Å². The van der Waals surface area contributed by atoms with Gasteiger partial charge in [0.1, 0.15) is 0 Å². The average molecular weight is 169 g/mol. The van der Waals surface area contributed by atoms with Gasteiger partial charge in [-0.25, -0.2) is 0 Å². The van der Waals surface area contributed by atoms with Gasteiger partial charge in [-0.2, -0.15) is 0 Å². The molecule has 0 fully saturated rings. The summed E-state index contributed by atoms with van der Waals surface area (Å²) in [6.45, 7) is 2.03. The van der Waals surface area contributed by atoms with Crippen molar-refractivity contribution in [3.8, 4) is 0 Å². The maximum Gasteiger partial charge on any atom is 0.305 e. The summed E-state index contributed by atoms with van der Waals surface area (Å²) in [5.41, 5.74) is 5.46. The Hall–Kier alpha value is -1.09. The molecule has 3 nitrogen and oxygen atoms in total. The normalized spacial score (nSPS) is 14.2. The van der Waals surface area contributed by atoms with Crippen LogP contribution in [0, 0.1) is 0 Å². The summed E-state index contributed by atoms with van der Waals surface area (Å²) in [7, 11) is 0. The summed E-state index contributed by atoms with van der Waals surface area (Å²) >= 11 is 0. The lowest BCUT2D eigenvalue weighted by atomic mass is 10.2. The quantitative estimate of drug-likeness (QED) is 0.610. The van der Waals surface area contributed by atoms with Crippen molar-refractivity contribution < 1.29 is 9.90 Å². The van der Waals surface area contributed by atoms with Crippen molar-refractivity contribution in [2.45, 2.75) is 25.8 Å². The molecule has 68 valence electrons. The summed E-state index contributed by atoms with van der Waals surface area (Å²) in [5, 5.41) is 8.35. The summed E-state index contributed by atoms with van der Waals surface area (Å²) < 4.78 is 0. The molecule has 0 aliphatic heterocycles. The van der Waals surface area contributed by atoms with Crippen LogP contribution in [0.4, 0.5) is 0 Å². The van der Waals surface area contributed by atoms with E-state index in [4.69, 9.17) is 10.8 Å². The minimum absolute atomic E-state index is 0.0174. The minimum atomic E-state index is -0.869. The van der Waals surface area contributed by atoms with Gasteiger partial charge in [-0.3, -0.25) is 4.79 Å². The SMILES string of the molecule is CC/C=C/C=C/C(N)CC(=O)O. The lowest BCUT2D eigenvalue weighted by molar-refractivity contribution is -0.137. The topological polar surface area (TPSA) is 63.3 Å². The summed E-state index contributed by atoms with van der Waals surface area (Å²) in [4.78, 5) is 10.2. The number of hydrogen-bond acceptors (Lipinski definition) is 2. The second kappa shape index (κ2) is 6.61. The Morgan fingerprint density at radius 3 is 2.75 bits per heavy atom. The Bertz CT molecular complexity index is 185. The average Bonchev–Trinajstić information content (AvgIpc) is 1.97. The Balaban J connectivity index is 3.67. The zero-order chi connectivity index (χ0) is 9.40. The molecule has 0 amide bonds. The maximum atomic E-state index is 10.2. The van der Waals surface area contributed by atoms with Crippen LogP contribution in [0.15, 0.2) is 24.3 Å². The molecule has 12 heavy (non-hydrogen) atoms. The molecule has 0 radical (unpaired) electrons. The van der Waals surface area contributed by atoms with Gasteiger partial charge in [-0.1, -0.05) is 31.2 Å². The molecule has 0 aromatic carbocycles. The first-order valence-electron chi connectivity index (χ1n) is 3.97. The van der Waals surface area contributed by atoms with E-state index >= 15 is 0 Å². The van der Waals surface area contributed by atoms with Crippen molar-refractivity contribution >= 4 is 5.97 Å². The molecule has 3 heteroatoms. The van der Waals surface area contributed by atoms with Gasteiger partial charge in [-0.05, 0) is 6.42 Å². The Kier molecular flexibility index (Phi) is 6.01. The Labute approximate surface area is 72.6 Å². The van der Waals surface area contributed by atoms with Crippen molar-refractivity contribution in [3.05, 3.63) is 24.3 Å². The van der Waals surface area contributed by atoms with E-state index < -0.39 is 5.97 Å². The van der Waals surface area contributed by atoms with Crippen LogP contribution in [0.1, 0.15) is 19.8 Å². The molecule has 0 saturated carbocycles. The highest BCUT2D eigenvalue weighted by Gasteiger charge is 2.02. The molecule has 0 rings (SSSR count). The van der Waals surface area contributed by atoms with Gasteiger partial charge in [0, 0.05) is 6.04 Å². The summed E-state index contributed by atoms with van der Waals surface area (Å²) in [6.07, 6.45) is 8.25. The van der Waals surface area contributed by atoms with Gasteiger partial charge in [0.25, 0.3) is 0 Å². The molecule has 3 N–H and O–H groups in total. The number of aliphatic carboxylic acids is 1. The number of nitrogens with two attached hydrogens (primary N) is 1. The number of hydrogen-bond donors (Lipinski definition) is 2. The predicted octanol–water partition coefficient (Wildman–Crippen LogP) is 1.31. The highest BCUT2D eigenvalue weighted by atomic mass is 16.4. The number of carboxylic acid groups (broad SMARTS) is 1. The zero-order valence-corrected chi connectivity index (χ0v) is 7.23. The van der Waals surface area contributed by atoms with E-state index in [2.05, 4.69) is 0 Å². The second-order valence-corrected chi connectivity index (χ2v) is 2.48. The van der Waals surface area contributed by atoms with Crippen molar-refractivity contribution in [3.63, 3.8) is 0 Å². The van der Waals surface area contributed by atoms with Crippen LogP contribution in [0.25, 0.3) is 0 Å². The van der Waals surface area contributed by atoms with Gasteiger partial charge in [0.15, 0.2) is 0 Å². The van der Waals surface area contributed by atoms with Crippen molar-refractivity contribution in [2.24, 2.45) is 5.73 Å². The number of carbonyl (C=O) groups is 1. The lowest BCUT2D eigenvalue weighted by Crippen LogP contribution is -2.20. The molecule has 1 unspecified atom stereocenters. The largest absolute Gasteiger partial charge is 0.481 e. The van der Waals surface area contributed by atoms with Crippen LogP contribution >= 0.6 is 0 Å². The molecule has 0 bridgehead atoms. The van der Waals surface area contributed by atoms with Crippen LogP contribution in [0.2, 0.25) is 0 Å². The van der Waals surface area contributed by atoms with Crippen molar-refractivity contribution in [1.82, 2.24) is 0 Å². The fraction of sp³-hybridized carbons (Fsp3) is 0.444. The third kappa shape index (κ3) is 7.02. The highest BCUT2D eigenvalue weighted by molar-refractivity contribution is 5.67. The molecular formula is C9H15NO2. The molecule has 0 aromatic heterocycles. The van der Waals surface area contributed by atoms with Gasteiger partial charge in [0.05, 0.1) is 6.42 Å². The molecule has 0 saturated heterocycles. The van der Waals surface area contributed by atoms with E-state index in [0.29, 0.717) is 0 Å². The van der Waals surface area contributed by atoms with Gasteiger partial charge in [0.2, 0.25) is 0 Å². The van der Waals surface area contributed by atoms with E-state index in [-0.39, 0.29) is 12.5 Å². The minimum Gasteiger partial charge on any atom is -0.481 e. The van der Waals surface area contributed by atoms with Gasteiger partial charge >= 0.3 is 5.97 Å². The van der Waals surface area contributed by atoms with Crippen LogP contribution < -0.4 is 5.73 Å². The second-order valence-electron chi connectivity index (χ2n) is 2.48. The maximum absolute atomic E-state index is 10.2. The Morgan fingerprint density at radius 1 is 1.58 bits per heavy atom. The van der Waals surface area contributed by atoms with E-state index in [1.54, 1.807) is 12.2 Å². The smallest absolute Gasteiger partial charge is 0.305 e. The molecular weight excluding hydrogens is 154 g/mol. The Morgan fingerprint density at radius 2 is 2.25 bits per heavy atom. The van der Waals surface area contributed by atoms with Crippen LogP contribution in [0.5, 0.6) is 0 Å². The van der Waals surface area contributed by atoms with E-state index in [0.717, 1.165) is 6.42 Å². The molecule has 0 heterocycles. The third-order valence-corrected chi connectivity index (χ3v) is 1.25. The van der Waals surface area contributed by atoms with Crippen LogP contribution in [0.3, 0.4) is 0 Å². The fourth-order valence-corrected chi connectivity index (χ4v) is 0.691. The lowest BCUT2D eigenvalue weighted by Gasteiger charge is -1.99. The summed E-state index contributed by atoms with van der Waals surface area (Å²) in [6, 6.07) is -0.385. The first kappa shape index (κ1) is 10.9. The third-order valence-electron chi connectivity index (χ3n) is 1.25. The number of rotatable bonds is 5. The van der Waals surface area contributed by atoms with E-state index in [1.807, 2.05) is 19.1 Å². The fourth-order valence-electron chi connectivity index (χ4n) is 0.691. The van der Waals surface area contributed by atoms with Gasteiger partial charge < -0.3 is 10.8 Å². The monoisotopic (exact) mass is 169 g/mol. The van der Waals surface area contributed by atoms with Crippen molar-refractivity contribution in [1.29, 1.82) is 0 Å². The van der Waals surface area contributed by atoms with Crippen LogP contribution in [-0.2, 0) is 4.79 Å². The first-order valence-corrected chi connectivity index (χ1v) is 3.97. The van der Waals surface area contributed by atoms with E-state index in [1.165, 1.54) is 0 Å². The van der Waals surface area contributed by atoms with E-state index in [9.17, 15) is 4.79 Å². The highest BCUT2D eigenvalue weighted by Crippen LogP contribution is 1.91. The zero-order valence-electron chi connectivity index (χ0n) is 7.23. The first-order chi connectivity index (χ1) is 5.66. The molecule has 0 aliphatic rings. The standard InChI is InChI=1S/C9H15NO2/c1-2-3-4-5-6-8(10)7-9(11)12/h3-6,8H,2,7,10H2,1H3,(H,11,12)/b4-3+,6-5+. The van der Waals surface area contributed by atoms with Crippen molar-refractivity contribution in [2.75, 3.05) is 0 Å². The number of allylic oxidation sites excluding steroid dienone is 3. The molecule has 1 atom stereocenters. The molecule has 0 spiro atoms. The predicted molar refractivity (Wildman–Crippen MR) is 48.8 cm³/mol. The summed E-state index contributed by atoms with van der Waals surface area (Å²) in [5.74, 6) is -0.869.